The van der Waals surface area contributed by atoms with E-state index < -0.39 is 5.97 Å². The molecule has 0 saturated carbocycles. The van der Waals surface area contributed by atoms with Gasteiger partial charge in [0.05, 0.1) is 0 Å². The zero-order valence-corrected chi connectivity index (χ0v) is 11.6. The predicted molar refractivity (Wildman–Crippen MR) is 76.5 cm³/mol. The Morgan fingerprint density at radius 3 is 2.42 bits per heavy atom. The van der Waals surface area contributed by atoms with Crippen molar-refractivity contribution in [1.29, 1.82) is 0 Å². The summed E-state index contributed by atoms with van der Waals surface area (Å²) in [5.41, 5.74) is 1.23. The Bertz CT molecular complexity index is 413. The lowest BCUT2D eigenvalue weighted by molar-refractivity contribution is -0.143. The number of para-hydroxylation sites is 1. The second-order valence-electron chi connectivity index (χ2n) is 5.23. The zero-order chi connectivity index (χ0) is 13.8. The molecule has 0 aliphatic carbocycles. The summed E-state index contributed by atoms with van der Waals surface area (Å²) in [4.78, 5) is 15.3. The SMILES string of the molecule is CC(C(=O)O)N1CCC(N(C)c2ccccc2)CC1. The third-order valence-electron chi connectivity index (χ3n) is 4.12. The normalized spacial score (nSPS) is 19.1. The molecule has 19 heavy (non-hydrogen) atoms. The van der Waals surface area contributed by atoms with Crippen LogP contribution in [-0.4, -0.2) is 48.2 Å². The molecule has 2 rings (SSSR count). The van der Waals surface area contributed by atoms with Crippen LogP contribution in [-0.2, 0) is 4.79 Å². The Morgan fingerprint density at radius 1 is 1.32 bits per heavy atom. The highest BCUT2D eigenvalue weighted by Crippen LogP contribution is 2.22. The van der Waals surface area contributed by atoms with Crippen LogP contribution in [0.3, 0.4) is 0 Å². The lowest BCUT2D eigenvalue weighted by Crippen LogP contribution is -2.48. The number of anilines is 1. The third kappa shape index (κ3) is 3.26. The maximum absolute atomic E-state index is 11.0. The molecule has 4 nitrogen and oxygen atoms in total. The predicted octanol–water partition coefficient (Wildman–Crippen LogP) is 2.06. The van der Waals surface area contributed by atoms with E-state index in [1.807, 2.05) is 18.2 Å². The molecule has 0 spiro atoms. The first-order valence-corrected chi connectivity index (χ1v) is 6.84. The monoisotopic (exact) mass is 262 g/mol. The number of rotatable bonds is 4. The van der Waals surface area contributed by atoms with Gasteiger partial charge in [0.1, 0.15) is 6.04 Å². The van der Waals surface area contributed by atoms with E-state index in [9.17, 15) is 4.79 Å². The van der Waals surface area contributed by atoms with Crippen molar-refractivity contribution in [2.24, 2.45) is 0 Å². The van der Waals surface area contributed by atoms with Gasteiger partial charge in [-0.1, -0.05) is 18.2 Å². The first-order chi connectivity index (χ1) is 9.09. The molecule has 1 unspecified atom stereocenters. The number of likely N-dealkylation sites (tertiary alicyclic amines) is 1. The van der Waals surface area contributed by atoms with Gasteiger partial charge in [0, 0.05) is 31.9 Å². The topological polar surface area (TPSA) is 43.8 Å². The van der Waals surface area contributed by atoms with E-state index in [0.717, 1.165) is 25.9 Å². The number of aliphatic carboxylic acids is 1. The Morgan fingerprint density at radius 2 is 1.89 bits per heavy atom. The van der Waals surface area contributed by atoms with Gasteiger partial charge in [-0.05, 0) is 31.9 Å². The number of carboxylic acid groups (broad SMARTS) is 1. The van der Waals surface area contributed by atoms with Crippen molar-refractivity contribution >= 4 is 11.7 Å². The molecule has 1 heterocycles. The minimum Gasteiger partial charge on any atom is -0.480 e. The number of hydrogen-bond acceptors (Lipinski definition) is 3. The van der Waals surface area contributed by atoms with Gasteiger partial charge in [0.2, 0.25) is 0 Å². The van der Waals surface area contributed by atoms with E-state index in [1.54, 1.807) is 6.92 Å². The smallest absolute Gasteiger partial charge is 0.320 e. The van der Waals surface area contributed by atoms with Crippen LogP contribution in [0.25, 0.3) is 0 Å². The number of hydrogen-bond donors (Lipinski definition) is 1. The second kappa shape index (κ2) is 6.06. The van der Waals surface area contributed by atoms with Crippen LogP contribution in [0.1, 0.15) is 19.8 Å². The molecule has 1 fully saturated rings. The summed E-state index contributed by atoms with van der Waals surface area (Å²) in [6.07, 6.45) is 2.03. The van der Waals surface area contributed by atoms with E-state index in [4.69, 9.17) is 5.11 Å². The number of carbonyl (C=O) groups is 1. The average molecular weight is 262 g/mol. The molecule has 0 amide bonds. The summed E-state index contributed by atoms with van der Waals surface area (Å²) in [7, 11) is 2.12. The third-order valence-corrected chi connectivity index (χ3v) is 4.12. The van der Waals surface area contributed by atoms with Gasteiger partial charge in [-0.2, -0.15) is 0 Å². The molecule has 0 bridgehead atoms. The van der Waals surface area contributed by atoms with Crippen LogP contribution < -0.4 is 4.90 Å². The summed E-state index contributed by atoms with van der Waals surface area (Å²) in [6, 6.07) is 10.5. The van der Waals surface area contributed by atoms with Gasteiger partial charge < -0.3 is 10.0 Å². The highest BCUT2D eigenvalue weighted by atomic mass is 16.4. The number of nitrogens with zero attached hydrogens (tertiary/aromatic N) is 2. The van der Waals surface area contributed by atoms with E-state index in [2.05, 4.69) is 29.0 Å². The Kier molecular flexibility index (Phi) is 4.43. The van der Waals surface area contributed by atoms with E-state index in [1.165, 1.54) is 5.69 Å². The van der Waals surface area contributed by atoms with Crippen LogP contribution in [0.4, 0.5) is 5.69 Å². The molecule has 0 radical (unpaired) electrons. The summed E-state index contributed by atoms with van der Waals surface area (Å²) in [5, 5.41) is 9.04. The van der Waals surface area contributed by atoms with Crippen LogP contribution in [0, 0.1) is 0 Å². The quantitative estimate of drug-likeness (QED) is 0.902. The van der Waals surface area contributed by atoms with Crippen molar-refractivity contribution in [3.05, 3.63) is 30.3 Å². The van der Waals surface area contributed by atoms with Gasteiger partial charge in [-0.25, -0.2) is 0 Å². The second-order valence-corrected chi connectivity index (χ2v) is 5.23. The molecule has 1 aliphatic heterocycles. The molecule has 1 N–H and O–H groups in total. The molecule has 1 aliphatic rings. The highest BCUT2D eigenvalue weighted by Gasteiger charge is 2.27. The van der Waals surface area contributed by atoms with Crippen molar-refractivity contribution in [3.8, 4) is 0 Å². The van der Waals surface area contributed by atoms with Gasteiger partial charge in [-0.15, -0.1) is 0 Å². The van der Waals surface area contributed by atoms with E-state index in [0.29, 0.717) is 6.04 Å². The van der Waals surface area contributed by atoms with Gasteiger partial charge in [0.25, 0.3) is 0 Å². The molecule has 1 aromatic rings. The fourth-order valence-corrected chi connectivity index (χ4v) is 2.69. The number of carboxylic acids is 1. The average Bonchev–Trinajstić information content (AvgIpc) is 2.46. The number of piperidine rings is 1. The summed E-state index contributed by atoms with van der Waals surface area (Å²) in [6.45, 7) is 3.48. The van der Waals surface area contributed by atoms with Gasteiger partial charge in [-0.3, -0.25) is 9.69 Å². The molecule has 1 atom stereocenters. The van der Waals surface area contributed by atoms with Crippen LogP contribution in [0.15, 0.2) is 30.3 Å². The molecule has 1 aromatic carbocycles. The molecule has 1 saturated heterocycles. The molecular weight excluding hydrogens is 240 g/mol. The zero-order valence-electron chi connectivity index (χ0n) is 11.6. The first kappa shape index (κ1) is 13.9. The standard InChI is InChI=1S/C15H22N2O2/c1-12(15(18)19)17-10-8-14(9-11-17)16(2)13-6-4-3-5-7-13/h3-7,12,14H,8-11H2,1-2H3,(H,18,19). The lowest BCUT2D eigenvalue weighted by atomic mass is 10.0. The highest BCUT2D eigenvalue weighted by molar-refractivity contribution is 5.72. The Hall–Kier alpha value is -1.55. The Balaban J connectivity index is 1.91. The van der Waals surface area contributed by atoms with Crippen molar-refractivity contribution in [2.45, 2.75) is 31.8 Å². The maximum Gasteiger partial charge on any atom is 0.320 e. The van der Waals surface area contributed by atoms with Gasteiger partial charge >= 0.3 is 5.97 Å². The molecular formula is C15H22N2O2. The van der Waals surface area contributed by atoms with E-state index >= 15 is 0 Å². The molecule has 104 valence electrons. The maximum atomic E-state index is 11.0. The van der Waals surface area contributed by atoms with Crippen molar-refractivity contribution < 1.29 is 9.90 Å². The molecule has 4 heteroatoms. The van der Waals surface area contributed by atoms with E-state index in [-0.39, 0.29) is 6.04 Å². The van der Waals surface area contributed by atoms with Crippen LogP contribution in [0.5, 0.6) is 0 Å². The van der Waals surface area contributed by atoms with Crippen molar-refractivity contribution in [1.82, 2.24) is 4.90 Å². The minimum atomic E-state index is -0.727. The largest absolute Gasteiger partial charge is 0.480 e. The Labute approximate surface area is 114 Å². The fraction of sp³-hybridized carbons (Fsp3) is 0.533. The summed E-state index contributed by atoms with van der Waals surface area (Å²) < 4.78 is 0. The van der Waals surface area contributed by atoms with Crippen molar-refractivity contribution in [2.75, 3.05) is 25.0 Å². The molecule has 0 aromatic heterocycles. The first-order valence-electron chi connectivity index (χ1n) is 6.84. The lowest BCUT2D eigenvalue weighted by Gasteiger charge is -2.39. The van der Waals surface area contributed by atoms with Crippen molar-refractivity contribution in [3.63, 3.8) is 0 Å². The number of benzene rings is 1. The van der Waals surface area contributed by atoms with Crippen LogP contribution >= 0.6 is 0 Å². The fourth-order valence-electron chi connectivity index (χ4n) is 2.69. The minimum absolute atomic E-state index is 0.372. The van der Waals surface area contributed by atoms with Crippen LogP contribution in [0.2, 0.25) is 0 Å². The summed E-state index contributed by atoms with van der Waals surface area (Å²) >= 11 is 0. The van der Waals surface area contributed by atoms with Gasteiger partial charge in [0.15, 0.2) is 0 Å². The summed E-state index contributed by atoms with van der Waals surface area (Å²) in [5.74, 6) is -0.727.